The molecule has 19 heteroatoms. The van der Waals surface area contributed by atoms with E-state index in [0.717, 1.165) is 85.8 Å². The van der Waals surface area contributed by atoms with Crippen LogP contribution in [0.3, 0.4) is 0 Å². The van der Waals surface area contributed by atoms with Gasteiger partial charge in [0, 0.05) is 72.1 Å². The van der Waals surface area contributed by atoms with Gasteiger partial charge in [-0.3, -0.25) is 9.59 Å². The van der Waals surface area contributed by atoms with Gasteiger partial charge in [-0.15, -0.1) is 0 Å². The topological polar surface area (TPSA) is 189 Å². The van der Waals surface area contributed by atoms with E-state index in [-0.39, 0.29) is 38.8 Å². The Morgan fingerprint density at radius 1 is 0.727 bits per heavy atom. The average Bonchev–Trinajstić information content (AvgIpc) is 4.26. The number of piperidine rings is 2. The summed E-state index contributed by atoms with van der Waals surface area (Å²) >= 11 is 11.1. The van der Waals surface area contributed by atoms with Crippen LogP contribution >= 0.6 is 61.1 Å². The number of hydrogen-bond acceptors (Lipinski definition) is 14. The number of rotatable bonds is 16. The number of alkyl halides is 1. The second-order valence-corrected chi connectivity index (χ2v) is 23.0. The Bertz CT molecular complexity index is 2700. The molecule has 0 saturated carbocycles. The third kappa shape index (κ3) is 17.8. The van der Waals surface area contributed by atoms with Gasteiger partial charge < -0.3 is 51.9 Å². The number of thioether (sulfide) groups is 1. The number of amidine groups is 1. The Balaban J connectivity index is 0.000000205. The number of thiazole rings is 1. The fourth-order valence-corrected chi connectivity index (χ4v) is 12.4. The van der Waals surface area contributed by atoms with E-state index in [1.165, 1.54) is 112 Å². The summed E-state index contributed by atoms with van der Waals surface area (Å²) in [5.74, 6) is 1.46. The minimum absolute atomic E-state index is 0. The molecule has 0 bridgehead atoms. The van der Waals surface area contributed by atoms with E-state index in [2.05, 4.69) is 105 Å². The molecule has 0 spiro atoms. The highest BCUT2D eigenvalue weighted by molar-refractivity contribution is 9.09. The number of nitrogens with two attached hydrogens (primary N) is 2. The van der Waals surface area contributed by atoms with Crippen molar-refractivity contribution < 1.29 is 19.8 Å². The molecular weight excluding hydrogens is 1110 g/mol. The zero-order chi connectivity index (χ0) is 54.0. The van der Waals surface area contributed by atoms with Gasteiger partial charge in [0.1, 0.15) is 22.2 Å². The smallest absolute Gasteiger partial charge is 0.206 e. The van der Waals surface area contributed by atoms with Crippen molar-refractivity contribution in [3.63, 3.8) is 0 Å². The highest BCUT2D eigenvalue weighted by Gasteiger charge is 2.28. The number of phenolic OH excluding ortho intramolecular Hbond substituents is 2. The van der Waals surface area contributed by atoms with E-state index in [4.69, 9.17) is 23.7 Å². The van der Waals surface area contributed by atoms with Crippen LogP contribution in [0.4, 0.5) is 33.7 Å². The SMILES string of the molecule is CCCc1cc(C(=O)CBr)ccc1O.CCCc1cc(C(=O)c2sc(Nc3ccc(N4CCC(N5CCCC5)CC4)cc3)nc2N)ccc1O.CCSC(N)=NC(=S)Nc1ccc(N2CCC(N3CCCC3)CC2)cc1.P. The maximum Gasteiger partial charge on any atom is 0.206 e. The van der Waals surface area contributed by atoms with Crippen LogP contribution < -0.4 is 31.9 Å². The number of benzene rings is 4. The zero-order valence-electron chi connectivity index (χ0n) is 45.2. The Kier molecular flexibility index (Phi) is 24.8. The highest BCUT2D eigenvalue weighted by Crippen LogP contribution is 2.33. The number of halogens is 1. The molecule has 1 unspecified atom stereocenters. The van der Waals surface area contributed by atoms with Crippen molar-refractivity contribution in [2.24, 2.45) is 10.7 Å². The Labute approximate surface area is 482 Å². The lowest BCUT2D eigenvalue weighted by Crippen LogP contribution is -2.43. The number of phenols is 2. The normalized spacial score (nSPS) is 16.4. The first-order chi connectivity index (χ1) is 36.8. The zero-order valence-corrected chi connectivity index (χ0v) is 50.6. The van der Waals surface area contributed by atoms with Gasteiger partial charge in [-0.1, -0.05) is 72.6 Å². The second kappa shape index (κ2) is 31.1. The first-order valence-electron chi connectivity index (χ1n) is 27.1. The van der Waals surface area contributed by atoms with Crippen LogP contribution in [-0.4, -0.2) is 122 Å². The molecule has 1 atom stereocenters. The van der Waals surface area contributed by atoms with Gasteiger partial charge in [-0.25, -0.2) is 4.98 Å². The number of carbonyl (C=O) groups excluding carboxylic acids is 2. The van der Waals surface area contributed by atoms with Crippen LogP contribution in [0.2, 0.25) is 0 Å². The van der Waals surface area contributed by atoms with E-state index >= 15 is 0 Å². The number of nitrogens with zero attached hydrogens (tertiary/aromatic N) is 6. The first-order valence-corrected chi connectivity index (χ1v) is 30.5. The van der Waals surface area contributed by atoms with E-state index in [0.29, 0.717) is 43.2 Å². The summed E-state index contributed by atoms with van der Waals surface area (Å²) in [5, 5.41) is 27.8. The number of aromatic hydroxyl groups is 2. The van der Waals surface area contributed by atoms with Crippen molar-refractivity contribution >= 4 is 117 Å². The van der Waals surface area contributed by atoms with Crippen molar-refractivity contribution in [2.75, 3.05) is 89.6 Å². The predicted molar refractivity (Wildman–Crippen MR) is 338 cm³/mol. The van der Waals surface area contributed by atoms with Crippen molar-refractivity contribution in [2.45, 2.75) is 110 Å². The molecule has 0 radical (unpaired) electrons. The number of carbonyl (C=O) groups is 2. The van der Waals surface area contributed by atoms with Crippen LogP contribution in [0.15, 0.2) is 89.9 Å². The first kappa shape index (κ1) is 61.4. The molecule has 0 amide bonds. The molecule has 77 heavy (non-hydrogen) atoms. The number of thiocarbonyl (C=S) groups is 1. The number of anilines is 6. The molecule has 4 saturated heterocycles. The minimum atomic E-state index is -0.178. The summed E-state index contributed by atoms with van der Waals surface area (Å²) < 4.78 is 0. The number of likely N-dealkylation sites (tertiary alicyclic amines) is 2. The van der Waals surface area contributed by atoms with Gasteiger partial charge in [-0.05, 0) is 204 Å². The van der Waals surface area contributed by atoms with Crippen LogP contribution in [0.1, 0.15) is 122 Å². The summed E-state index contributed by atoms with van der Waals surface area (Å²) in [6.07, 6.45) is 13.8. The lowest BCUT2D eigenvalue weighted by Gasteiger charge is -2.37. The van der Waals surface area contributed by atoms with Crippen molar-refractivity contribution in [1.29, 1.82) is 0 Å². The van der Waals surface area contributed by atoms with E-state index in [1.807, 2.05) is 20.8 Å². The van der Waals surface area contributed by atoms with Gasteiger partial charge in [-0.2, -0.15) is 14.9 Å². The molecule has 14 nitrogen and oxygen atoms in total. The average molecular weight is 1190 g/mol. The third-order valence-corrected chi connectivity index (χ3v) is 16.8. The Hall–Kier alpha value is -4.81. The molecule has 4 aliphatic heterocycles. The third-order valence-electron chi connectivity index (χ3n) is 14.5. The second-order valence-electron chi connectivity index (χ2n) is 19.8. The van der Waals surface area contributed by atoms with Crippen molar-refractivity contribution in [3.8, 4) is 11.5 Å². The number of aromatic nitrogens is 1. The number of hydrogen-bond donors (Lipinski definition) is 6. The largest absolute Gasteiger partial charge is 0.508 e. The summed E-state index contributed by atoms with van der Waals surface area (Å²) in [6.45, 7) is 15.7. The van der Waals surface area contributed by atoms with Gasteiger partial charge >= 0.3 is 0 Å². The molecule has 8 N–H and O–H groups in total. The van der Waals surface area contributed by atoms with Gasteiger partial charge in [0.15, 0.2) is 21.2 Å². The quantitative estimate of drug-likeness (QED) is 0.0137. The molecular formula is C58H80BrN10O4PS3. The van der Waals surface area contributed by atoms with Gasteiger partial charge in [0.05, 0.1) is 5.33 Å². The molecule has 1 aromatic heterocycles. The molecule has 5 heterocycles. The van der Waals surface area contributed by atoms with Crippen LogP contribution in [0.5, 0.6) is 11.5 Å². The van der Waals surface area contributed by atoms with Gasteiger partial charge in [0.25, 0.3) is 0 Å². The fraction of sp³-hybridized carbons (Fsp3) is 0.466. The van der Waals surface area contributed by atoms with Crippen LogP contribution in [0, 0.1) is 0 Å². The van der Waals surface area contributed by atoms with E-state index in [9.17, 15) is 19.8 Å². The van der Waals surface area contributed by atoms with Crippen LogP contribution in [-0.2, 0) is 12.8 Å². The summed E-state index contributed by atoms with van der Waals surface area (Å²) in [7, 11) is 0. The van der Waals surface area contributed by atoms with Gasteiger partial charge in [0.2, 0.25) is 5.78 Å². The molecule has 5 aromatic rings. The number of aryl methyl sites for hydroxylation is 2. The molecule has 9 rings (SSSR count). The number of nitrogen functional groups attached to an aromatic ring is 1. The monoisotopic (exact) mass is 1190 g/mol. The number of aliphatic imine (C=N–C) groups is 1. The standard InChI is InChI=1S/C28H35N5O2S.C19H29N5S2.C11H13BrO2.H3P/c1-2-5-19-18-20(6-11-24(19)34)25(35)26-27(29)31-28(36-26)30-21-7-9-22(10-8-21)33-16-12-23(13-17-33)32-14-3-4-15-32;1-2-26-18(20)22-19(25)21-15-5-7-16(8-6-15)24-13-9-17(10-14-24)23-11-3-4-12-23;1-2-3-8-6-9(11(14)7-12)4-5-10(8)13;/h6-11,18,23,34H,2-5,12-17,29H2,1H3,(H,30,31);5-8,17H,2-4,9-14H2,1H3,(H3,20,21,22,25);4-6,13H,2-3,7H2,1H3;1H3. The van der Waals surface area contributed by atoms with Crippen molar-refractivity contribution in [1.82, 2.24) is 14.8 Å². The Morgan fingerprint density at radius 3 is 1.66 bits per heavy atom. The van der Waals surface area contributed by atoms with Crippen molar-refractivity contribution in [3.05, 3.63) is 112 Å². The highest BCUT2D eigenvalue weighted by atomic mass is 79.9. The van der Waals surface area contributed by atoms with E-state index in [1.54, 1.807) is 36.4 Å². The lowest BCUT2D eigenvalue weighted by molar-refractivity contribution is 0.102. The minimum Gasteiger partial charge on any atom is -0.508 e. The maximum atomic E-state index is 13.1. The summed E-state index contributed by atoms with van der Waals surface area (Å²) in [6, 6.07) is 28.3. The van der Waals surface area contributed by atoms with Crippen LogP contribution in [0.25, 0.3) is 0 Å². The number of Topliss-reactive ketones (excluding diaryl/α,β-unsaturated/α-hetero) is 1. The predicted octanol–water partition coefficient (Wildman–Crippen LogP) is 11.9. The number of nitrogens with one attached hydrogen (secondary N) is 2. The number of ketones is 2. The molecule has 4 aliphatic rings. The fourth-order valence-electron chi connectivity index (χ4n) is 10.4. The molecule has 0 aliphatic carbocycles. The molecule has 4 aromatic carbocycles. The lowest BCUT2D eigenvalue weighted by atomic mass is 10.0. The summed E-state index contributed by atoms with van der Waals surface area (Å²) in [4.78, 5) is 43.8. The molecule has 4 fully saturated rings. The molecule has 416 valence electrons. The van der Waals surface area contributed by atoms with E-state index < -0.39 is 0 Å². The Morgan fingerprint density at radius 2 is 1.19 bits per heavy atom. The maximum absolute atomic E-state index is 13.1. The summed E-state index contributed by atoms with van der Waals surface area (Å²) in [5.41, 5.74) is 19.1.